The van der Waals surface area contributed by atoms with Crippen molar-refractivity contribution in [1.29, 1.82) is 0 Å². The second kappa shape index (κ2) is 12.1. The number of aliphatic hydroxyl groups is 2. The van der Waals surface area contributed by atoms with E-state index in [2.05, 4.69) is 5.32 Å². The van der Waals surface area contributed by atoms with Gasteiger partial charge < -0.3 is 25.4 Å². The predicted molar refractivity (Wildman–Crippen MR) is 122 cm³/mol. The van der Waals surface area contributed by atoms with Crippen LogP contribution in [0.25, 0.3) is 11.1 Å². The molecular weight excluding hydrogens is 453 g/mol. The second-order valence-electron chi connectivity index (χ2n) is 8.08. The summed E-state index contributed by atoms with van der Waals surface area (Å²) in [5, 5.41) is 31.9. The van der Waals surface area contributed by atoms with Crippen molar-refractivity contribution in [3.05, 3.63) is 58.9 Å². The summed E-state index contributed by atoms with van der Waals surface area (Å²) in [7, 11) is 0. The summed E-state index contributed by atoms with van der Waals surface area (Å²) in [5.41, 5.74) is 0.420. The number of rotatable bonds is 12. The molecule has 33 heavy (non-hydrogen) atoms. The molecule has 0 aliphatic carbocycles. The zero-order chi connectivity index (χ0) is 24.6. The number of carbonyl (C=O) groups is 2. The second-order valence-corrected chi connectivity index (χ2v) is 8.52. The number of benzene rings is 2. The maximum atomic E-state index is 14.2. The molecule has 2 aromatic carbocycles. The maximum Gasteiger partial charge on any atom is 0.309 e. The molecule has 180 valence electrons. The quantitative estimate of drug-likeness (QED) is 0.345. The Bertz CT molecular complexity index is 954. The average molecular weight is 482 g/mol. The van der Waals surface area contributed by atoms with Gasteiger partial charge in [0.05, 0.1) is 5.41 Å². The van der Waals surface area contributed by atoms with Gasteiger partial charge in [-0.3, -0.25) is 9.59 Å². The van der Waals surface area contributed by atoms with Crippen molar-refractivity contribution in [2.75, 3.05) is 13.2 Å². The molecule has 2 aromatic rings. The lowest BCUT2D eigenvalue weighted by atomic mass is 9.79. The van der Waals surface area contributed by atoms with Crippen molar-refractivity contribution < 1.29 is 34.0 Å². The van der Waals surface area contributed by atoms with Gasteiger partial charge in [-0.05, 0) is 62.4 Å². The Morgan fingerprint density at radius 2 is 1.88 bits per heavy atom. The van der Waals surface area contributed by atoms with Gasteiger partial charge in [0, 0.05) is 29.8 Å². The van der Waals surface area contributed by atoms with Crippen LogP contribution in [0, 0.1) is 11.2 Å². The van der Waals surface area contributed by atoms with E-state index in [4.69, 9.17) is 16.3 Å². The molecule has 2 unspecified atom stereocenters. The van der Waals surface area contributed by atoms with E-state index in [1.165, 1.54) is 25.1 Å². The summed E-state index contributed by atoms with van der Waals surface area (Å²) in [4.78, 5) is 24.2. The van der Waals surface area contributed by atoms with Crippen molar-refractivity contribution in [3.63, 3.8) is 0 Å². The highest BCUT2D eigenvalue weighted by Crippen LogP contribution is 2.30. The van der Waals surface area contributed by atoms with E-state index in [-0.39, 0.29) is 32.5 Å². The first-order chi connectivity index (χ1) is 15.6. The Labute approximate surface area is 197 Å². The number of nitrogens with one attached hydrogen (secondary N) is 1. The number of ether oxygens (including phenoxy) is 1. The van der Waals surface area contributed by atoms with Gasteiger partial charge in [0.15, 0.2) is 0 Å². The summed E-state index contributed by atoms with van der Waals surface area (Å²) in [5.74, 6) is -2.30. The van der Waals surface area contributed by atoms with Crippen molar-refractivity contribution >= 4 is 23.5 Å². The van der Waals surface area contributed by atoms with Crippen LogP contribution < -0.4 is 5.32 Å². The molecule has 0 bridgehead atoms. The minimum Gasteiger partial charge on any atom is -0.481 e. The lowest BCUT2D eigenvalue weighted by Crippen LogP contribution is -2.47. The van der Waals surface area contributed by atoms with Crippen LogP contribution in [-0.4, -0.2) is 52.7 Å². The standard InChI is InChI=1S/C24H29ClFNO6/c1-3-33-22(30)21(29)27-18(14-24(2,10-11-28)23(31)32)12-15-4-6-16(7-5-15)19-13-17(25)8-9-20(19)26/h4-9,13,18,22,28,30H,3,10-12,14H2,1-2H3,(H,27,29)(H,31,32)/t18-,22?,24?/m1/s1. The lowest BCUT2D eigenvalue weighted by molar-refractivity contribution is -0.159. The number of carboxylic acids is 1. The van der Waals surface area contributed by atoms with E-state index in [0.717, 1.165) is 5.56 Å². The van der Waals surface area contributed by atoms with E-state index < -0.39 is 35.4 Å². The van der Waals surface area contributed by atoms with Gasteiger partial charge in [-0.2, -0.15) is 0 Å². The maximum absolute atomic E-state index is 14.2. The van der Waals surface area contributed by atoms with E-state index in [1.54, 1.807) is 31.2 Å². The molecule has 4 N–H and O–H groups in total. The van der Waals surface area contributed by atoms with E-state index in [1.807, 2.05) is 0 Å². The van der Waals surface area contributed by atoms with Gasteiger partial charge in [-0.15, -0.1) is 0 Å². The van der Waals surface area contributed by atoms with Crippen molar-refractivity contribution in [2.45, 2.75) is 45.4 Å². The highest BCUT2D eigenvalue weighted by Gasteiger charge is 2.36. The molecule has 0 saturated carbocycles. The summed E-state index contributed by atoms with van der Waals surface area (Å²) >= 11 is 5.97. The van der Waals surface area contributed by atoms with Crippen LogP contribution in [-0.2, 0) is 20.7 Å². The van der Waals surface area contributed by atoms with Crippen LogP contribution in [0.2, 0.25) is 5.02 Å². The Hall–Kier alpha value is -2.52. The molecule has 0 aliphatic rings. The number of aliphatic carboxylic acids is 1. The fourth-order valence-corrected chi connectivity index (χ4v) is 3.76. The molecule has 0 saturated heterocycles. The summed E-state index contributed by atoms with van der Waals surface area (Å²) in [6.45, 7) is 2.92. The Kier molecular flexibility index (Phi) is 9.79. The predicted octanol–water partition coefficient (Wildman–Crippen LogP) is 3.39. The molecule has 0 radical (unpaired) electrons. The van der Waals surface area contributed by atoms with Gasteiger partial charge in [-0.1, -0.05) is 35.9 Å². The van der Waals surface area contributed by atoms with Gasteiger partial charge in [-0.25, -0.2) is 4.39 Å². The van der Waals surface area contributed by atoms with Gasteiger partial charge in [0.1, 0.15) is 5.82 Å². The first-order valence-electron chi connectivity index (χ1n) is 10.6. The number of hydrogen-bond donors (Lipinski definition) is 4. The van der Waals surface area contributed by atoms with E-state index in [0.29, 0.717) is 16.1 Å². The SMILES string of the molecule is CCOC(O)C(=O)N[C@H](Cc1ccc(-c2cc(Cl)ccc2F)cc1)CC(C)(CCO)C(=O)O. The molecule has 3 atom stereocenters. The largest absolute Gasteiger partial charge is 0.481 e. The third kappa shape index (κ3) is 7.50. The number of halogens is 2. The van der Waals surface area contributed by atoms with E-state index >= 15 is 0 Å². The summed E-state index contributed by atoms with van der Waals surface area (Å²) < 4.78 is 19.1. The van der Waals surface area contributed by atoms with Crippen LogP contribution in [0.3, 0.4) is 0 Å². The number of aliphatic hydroxyl groups excluding tert-OH is 2. The first-order valence-corrected chi connectivity index (χ1v) is 11.0. The average Bonchev–Trinajstić information content (AvgIpc) is 2.76. The number of carbonyl (C=O) groups excluding carboxylic acids is 1. The molecule has 7 nitrogen and oxygen atoms in total. The van der Waals surface area contributed by atoms with E-state index in [9.17, 15) is 29.3 Å². The van der Waals surface area contributed by atoms with Crippen LogP contribution in [0.1, 0.15) is 32.3 Å². The van der Waals surface area contributed by atoms with Crippen molar-refractivity contribution in [3.8, 4) is 11.1 Å². The van der Waals surface area contributed by atoms with Crippen LogP contribution in [0.4, 0.5) is 4.39 Å². The fraction of sp³-hybridized carbons (Fsp3) is 0.417. The van der Waals surface area contributed by atoms with Gasteiger partial charge in [0.25, 0.3) is 5.91 Å². The third-order valence-electron chi connectivity index (χ3n) is 5.45. The molecule has 1 amide bonds. The topological polar surface area (TPSA) is 116 Å². The third-order valence-corrected chi connectivity index (χ3v) is 5.68. The number of carboxylic acid groups (broad SMARTS) is 1. The lowest BCUT2D eigenvalue weighted by Gasteiger charge is -2.30. The highest BCUT2D eigenvalue weighted by atomic mass is 35.5. The van der Waals surface area contributed by atoms with Crippen LogP contribution >= 0.6 is 11.6 Å². The number of hydrogen-bond acceptors (Lipinski definition) is 5. The fourth-order valence-electron chi connectivity index (χ4n) is 3.59. The van der Waals surface area contributed by atoms with Gasteiger partial charge >= 0.3 is 5.97 Å². The molecular formula is C24H29ClFNO6. The minimum absolute atomic E-state index is 0.00427. The summed E-state index contributed by atoms with van der Waals surface area (Å²) in [6.07, 6.45) is -1.43. The zero-order valence-electron chi connectivity index (χ0n) is 18.6. The van der Waals surface area contributed by atoms with Crippen molar-refractivity contribution in [2.24, 2.45) is 5.41 Å². The monoisotopic (exact) mass is 481 g/mol. The highest BCUT2D eigenvalue weighted by molar-refractivity contribution is 6.30. The van der Waals surface area contributed by atoms with Crippen LogP contribution in [0.5, 0.6) is 0 Å². The minimum atomic E-state index is -1.68. The molecule has 0 aliphatic heterocycles. The Balaban J connectivity index is 2.26. The Morgan fingerprint density at radius 3 is 2.45 bits per heavy atom. The van der Waals surface area contributed by atoms with Gasteiger partial charge in [0.2, 0.25) is 6.29 Å². The Morgan fingerprint density at radius 1 is 1.21 bits per heavy atom. The molecule has 0 spiro atoms. The normalized spacial score (nSPS) is 14.8. The molecule has 2 rings (SSSR count). The molecule has 0 heterocycles. The first kappa shape index (κ1) is 26.7. The number of amides is 1. The molecule has 0 aromatic heterocycles. The van der Waals surface area contributed by atoms with Crippen LogP contribution in [0.15, 0.2) is 42.5 Å². The molecule has 0 fully saturated rings. The van der Waals surface area contributed by atoms with Crippen molar-refractivity contribution in [1.82, 2.24) is 5.32 Å². The summed E-state index contributed by atoms with van der Waals surface area (Å²) in [6, 6.07) is 10.5. The molecule has 9 heteroatoms. The smallest absolute Gasteiger partial charge is 0.309 e. The zero-order valence-corrected chi connectivity index (χ0v) is 19.3.